The van der Waals surface area contributed by atoms with Gasteiger partial charge in [-0.2, -0.15) is 18.2 Å². The predicted octanol–water partition coefficient (Wildman–Crippen LogP) is 6.18. The van der Waals surface area contributed by atoms with Gasteiger partial charge in [-0.25, -0.2) is 9.97 Å². The van der Waals surface area contributed by atoms with Crippen molar-refractivity contribution in [3.63, 3.8) is 0 Å². The minimum atomic E-state index is -4.83. The number of hydrogen-bond donors (Lipinski definition) is 5. The number of nitrogens with one attached hydrogen (secondary N) is 2. The van der Waals surface area contributed by atoms with Gasteiger partial charge < -0.3 is 35.2 Å². The monoisotopic (exact) mass is 678 g/mol. The fraction of sp³-hybridized carbons (Fsp3) is 0.484. The van der Waals surface area contributed by atoms with E-state index in [9.17, 15) is 37.4 Å². The third-order valence-corrected chi connectivity index (χ3v) is 11.3. The third-order valence-electron chi connectivity index (χ3n) is 9.29. The molecule has 0 unspecified atom stereocenters. The number of methoxy groups -OCH3 is 1. The first-order chi connectivity index (χ1) is 22.1. The van der Waals surface area contributed by atoms with Crippen molar-refractivity contribution in [2.75, 3.05) is 24.8 Å². The van der Waals surface area contributed by atoms with E-state index in [2.05, 4.69) is 25.6 Å². The number of alkyl halides is 3. The minimum absolute atomic E-state index is 0.0718. The predicted molar refractivity (Wildman–Crippen MR) is 168 cm³/mol. The molecule has 0 bridgehead atoms. The van der Waals surface area contributed by atoms with Crippen LogP contribution in [0.1, 0.15) is 91.0 Å². The number of anilines is 4. The Morgan fingerprint density at radius 1 is 1.02 bits per heavy atom. The van der Waals surface area contributed by atoms with Crippen LogP contribution in [0.2, 0.25) is 0 Å². The van der Waals surface area contributed by atoms with Crippen LogP contribution in [0.25, 0.3) is 0 Å². The number of halogens is 3. The molecule has 5 rings (SSSR count). The van der Waals surface area contributed by atoms with Gasteiger partial charge in [0.1, 0.15) is 22.2 Å². The second-order valence-corrected chi connectivity index (χ2v) is 13.9. The van der Waals surface area contributed by atoms with E-state index in [1.165, 1.54) is 24.1 Å². The summed E-state index contributed by atoms with van der Waals surface area (Å²) < 4.78 is 60.3. The van der Waals surface area contributed by atoms with Gasteiger partial charge in [-0.1, -0.05) is 19.9 Å². The summed E-state index contributed by atoms with van der Waals surface area (Å²) in [6.45, 7) is 3.59. The fourth-order valence-electron chi connectivity index (χ4n) is 6.57. The van der Waals surface area contributed by atoms with Gasteiger partial charge in [0.25, 0.3) is 5.91 Å². The van der Waals surface area contributed by atoms with E-state index in [1.54, 1.807) is 27.0 Å². The van der Waals surface area contributed by atoms with E-state index in [4.69, 9.17) is 4.74 Å². The van der Waals surface area contributed by atoms with E-state index in [1.807, 2.05) is 6.07 Å². The summed E-state index contributed by atoms with van der Waals surface area (Å²) in [5, 5.41) is 14.0. The largest absolute Gasteiger partial charge is 0.480 e. The number of amides is 1. The van der Waals surface area contributed by atoms with Gasteiger partial charge in [0.15, 0.2) is 0 Å². The van der Waals surface area contributed by atoms with E-state index >= 15 is 0 Å². The number of benzene rings is 1. The van der Waals surface area contributed by atoms with Crippen LogP contribution >= 0.6 is 7.60 Å². The van der Waals surface area contributed by atoms with Crippen molar-refractivity contribution >= 4 is 36.6 Å². The van der Waals surface area contributed by atoms with Crippen LogP contribution in [0.4, 0.5) is 36.3 Å². The number of aromatic nitrogens is 3. The van der Waals surface area contributed by atoms with Gasteiger partial charge in [0.2, 0.25) is 11.8 Å². The van der Waals surface area contributed by atoms with Crippen molar-refractivity contribution in [2.24, 2.45) is 0 Å². The molecule has 254 valence electrons. The van der Waals surface area contributed by atoms with Gasteiger partial charge in [-0.15, -0.1) is 0 Å². The molecule has 2 aromatic heterocycles. The lowest BCUT2D eigenvalue weighted by molar-refractivity contribution is -0.137. The smallest absolute Gasteiger partial charge is 0.421 e. The van der Waals surface area contributed by atoms with Crippen molar-refractivity contribution in [1.29, 1.82) is 0 Å². The third kappa shape index (κ3) is 6.54. The van der Waals surface area contributed by atoms with Crippen LogP contribution in [-0.2, 0) is 22.4 Å². The topological polar surface area (TPSA) is 170 Å². The Morgan fingerprint density at radius 3 is 2.28 bits per heavy atom. The molecule has 0 saturated heterocycles. The Balaban J connectivity index is 1.52. The average molecular weight is 679 g/mol. The lowest BCUT2D eigenvalue weighted by Crippen LogP contribution is -2.26. The second-order valence-electron chi connectivity index (χ2n) is 12.0. The Labute approximate surface area is 270 Å². The molecule has 16 heteroatoms. The lowest BCUT2D eigenvalue weighted by atomic mass is 9.80. The Kier molecular flexibility index (Phi) is 9.57. The molecule has 0 atom stereocenters. The lowest BCUT2D eigenvalue weighted by Gasteiger charge is -2.32. The number of ether oxygens (including phenoxy) is 1. The summed E-state index contributed by atoms with van der Waals surface area (Å²) in [5.74, 6) is -1.12. The molecule has 1 fully saturated rings. The molecule has 2 aliphatic rings. The summed E-state index contributed by atoms with van der Waals surface area (Å²) in [6, 6.07) is 6.27. The van der Waals surface area contributed by atoms with E-state index in [0.717, 1.165) is 24.0 Å². The number of carbonyl (C=O) groups excluding carboxylic acids is 1. The summed E-state index contributed by atoms with van der Waals surface area (Å²) in [6.07, 6.45) is -1.61. The highest BCUT2D eigenvalue weighted by Gasteiger charge is 2.47. The molecule has 1 aliphatic heterocycles. The Hall–Kier alpha value is -3.78. The van der Waals surface area contributed by atoms with Crippen molar-refractivity contribution in [3.05, 3.63) is 58.4 Å². The van der Waals surface area contributed by atoms with Crippen LogP contribution in [0.15, 0.2) is 30.5 Å². The maximum atomic E-state index is 14.2. The van der Waals surface area contributed by atoms with Crippen LogP contribution in [0, 0.1) is 0 Å². The molecule has 1 amide bonds. The number of pyridine rings is 1. The molecule has 3 aromatic rings. The van der Waals surface area contributed by atoms with Crippen molar-refractivity contribution in [3.8, 4) is 5.88 Å². The number of rotatable bonds is 10. The zero-order valence-corrected chi connectivity index (χ0v) is 27.3. The van der Waals surface area contributed by atoms with Crippen LogP contribution < -0.4 is 15.4 Å². The molecule has 12 nitrogen and oxygen atoms in total. The molecule has 0 radical (unpaired) electrons. The molecule has 5 N–H and O–H groups in total. The minimum Gasteiger partial charge on any atom is -0.480 e. The molecule has 1 saturated carbocycles. The number of aliphatic hydroxyl groups is 1. The second kappa shape index (κ2) is 13.0. The number of carbonyl (C=O) groups is 1. The Bertz CT molecular complexity index is 1710. The first-order valence-corrected chi connectivity index (χ1v) is 16.9. The molecule has 0 spiro atoms. The van der Waals surface area contributed by atoms with Crippen molar-refractivity contribution < 1.29 is 42.2 Å². The molecular formula is C31H38F3N6O6P. The van der Waals surface area contributed by atoms with Gasteiger partial charge in [0.05, 0.1) is 30.2 Å². The SMILES string of the molecule is CCC(CC)(c1ccc(Nc2ncc(C(F)(F)F)c(Nc3ccc([C@H]4CC[C@H](O)CC4)c4c3C(=O)N(C)C4)n2)c(OC)n1)P(=O)(O)O. The van der Waals surface area contributed by atoms with Crippen molar-refractivity contribution in [2.45, 2.75) is 82.3 Å². The van der Waals surface area contributed by atoms with Gasteiger partial charge >= 0.3 is 13.8 Å². The van der Waals surface area contributed by atoms with E-state index in [0.29, 0.717) is 25.6 Å². The van der Waals surface area contributed by atoms with Gasteiger partial charge in [-0.3, -0.25) is 9.36 Å². The molecule has 3 heterocycles. The summed E-state index contributed by atoms with van der Waals surface area (Å²) in [5.41, 5.74) is 1.23. The maximum Gasteiger partial charge on any atom is 0.421 e. The first kappa shape index (κ1) is 34.6. The highest BCUT2D eigenvalue weighted by molar-refractivity contribution is 7.53. The highest BCUT2D eigenvalue weighted by Crippen LogP contribution is 2.60. The Morgan fingerprint density at radius 2 is 1.68 bits per heavy atom. The number of hydrogen-bond acceptors (Lipinski definition) is 9. The van der Waals surface area contributed by atoms with Gasteiger partial charge in [0, 0.05) is 19.8 Å². The fourth-order valence-corrected chi connectivity index (χ4v) is 7.82. The summed E-state index contributed by atoms with van der Waals surface area (Å²) >= 11 is 0. The van der Waals surface area contributed by atoms with Crippen LogP contribution in [0.5, 0.6) is 5.88 Å². The molecular weight excluding hydrogens is 640 g/mol. The van der Waals surface area contributed by atoms with E-state index < -0.39 is 30.3 Å². The molecule has 1 aliphatic carbocycles. The first-order valence-electron chi connectivity index (χ1n) is 15.3. The van der Waals surface area contributed by atoms with Crippen LogP contribution in [-0.4, -0.2) is 60.9 Å². The van der Waals surface area contributed by atoms with Gasteiger partial charge in [-0.05, 0) is 73.8 Å². The quantitative estimate of drug-likeness (QED) is 0.155. The number of aliphatic hydroxyl groups excluding tert-OH is 1. The normalized spacial score (nSPS) is 18.7. The highest BCUT2D eigenvalue weighted by atomic mass is 31.2. The van der Waals surface area contributed by atoms with Crippen molar-refractivity contribution in [1.82, 2.24) is 19.9 Å². The summed E-state index contributed by atoms with van der Waals surface area (Å²) in [4.78, 5) is 47.4. The standard InChI is InChI=1S/C31H38F3N6O6P/c1-5-30(6-2,47(43,44)45)24-14-13-23(27(38-24)46-4)37-29-35-15-21(31(32,33)34)26(39-29)36-22-12-11-19(17-7-9-18(41)10-8-17)20-16-40(3)28(42)25(20)22/h11-15,17-18,41H,5-10,16H2,1-4H3,(H2,43,44,45)(H2,35,36,37,39)/t17-,18-. The molecule has 1 aromatic carbocycles. The number of nitrogens with zero attached hydrogens (tertiary/aromatic N) is 4. The number of fused-ring (bicyclic) bond motifs is 1. The zero-order valence-electron chi connectivity index (χ0n) is 26.4. The average Bonchev–Trinajstić information content (AvgIpc) is 3.32. The maximum absolute atomic E-state index is 14.2. The van der Waals surface area contributed by atoms with E-state index in [-0.39, 0.29) is 65.2 Å². The molecule has 47 heavy (non-hydrogen) atoms. The zero-order chi connectivity index (χ0) is 34.3. The summed E-state index contributed by atoms with van der Waals surface area (Å²) in [7, 11) is -1.72. The van der Waals surface area contributed by atoms with Crippen LogP contribution in [0.3, 0.4) is 0 Å².